The van der Waals surface area contributed by atoms with Gasteiger partial charge >= 0.3 is 5.97 Å². The van der Waals surface area contributed by atoms with Crippen molar-refractivity contribution < 1.29 is 58.0 Å². The van der Waals surface area contributed by atoms with Crippen LogP contribution in [0.3, 0.4) is 0 Å². The molecular weight excluding hydrogens is 650 g/mol. The Bertz CT molecular complexity index is 1210. The molecule has 0 radical (unpaired) electrons. The fourth-order valence-electron chi connectivity index (χ4n) is 9.81. The smallest absolute Gasteiger partial charge is 0.311 e. The van der Waals surface area contributed by atoms with Crippen molar-refractivity contribution in [3.05, 3.63) is 0 Å². The monoisotopic (exact) mass is 715 g/mol. The highest BCUT2D eigenvalue weighted by Crippen LogP contribution is 2.59. The number of aliphatic hydroxyl groups excluding tert-OH is 3. The Labute approximate surface area is 298 Å². The second-order valence-electron chi connectivity index (χ2n) is 16.9. The van der Waals surface area contributed by atoms with E-state index in [0.29, 0.717) is 19.3 Å². The Morgan fingerprint density at radius 2 is 1.58 bits per heavy atom. The standard InChI is InChI=1S/C37H65NO12/c1-14-25-36(10)29(40)22(6)37(50-36)18(2)16-35(9,49-37)31(48-33-27(39)24(38(11)12)15-19(3)44-33)20(4)28(21(5)32(42)46-25)47-26-17-34(8,43-13)30(41)23(7)45-26/h18-31,33,39-41H,14-17H2,1-13H3/t18-,19-,20+,21-,22-,23+,24+,25-,26+,27-,28+,29-,30+,31-,33+,34-,35+,36-,37-/m1/s1. The van der Waals surface area contributed by atoms with Crippen LogP contribution in [0.25, 0.3) is 0 Å². The van der Waals surface area contributed by atoms with E-state index in [-0.39, 0.29) is 24.5 Å². The number of nitrogens with zero attached hydrogens (tertiary/aromatic N) is 1. The van der Waals surface area contributed by atoms with Gasteiger partial charge in [-0.05, 0) is 74.9 Å². The van der Waals surface area contributed by atoms with Crippen LogP contribution in [0.15, 0.2) is 0 Å². The van der Waals surface area contributed by atoms with E-state index < -0.39 is 102 Å². The summed E-state index contributed by atoms with van der Waals surface area (Å²) < 4.78 is 52.3. The van der Waals surface area contributed by atoms with Crippen LogP contribution < -0.4 is 0 Å². The minimum absolute atomic E-state index is 0.194. The Hall–Kier alpha value is -0.970. The van der Waals surface area contributed by atoms with E-state index in [0.717, 1.165) is 0 Å². The van der Waals surface area contributed by atoms with E-state index >= 15 is 0 Å². The van der Waals surface area contributed by atoms with E-state index in [4.69, 9.17) is 37.9 Å². The summed E-state index contributed by atoms with van der Waals surface area (Å²) in [5, 5.41) is 34.4. The lowest BCUT2D eigenvalue weighted by molar-refractivity contribution is -0.344. The lowest BCUT2D eigenvalue weighted by Crippen LogP contribution is -2.61. The summed E-state index contributed by atoms with van der Waals surface area (Å²) >= 11 is 0. The number of rotatable bonds is 7. The second-order valence-corrected chi connectivity index (χ2v) is 16.9. The third-order valence-electron chi connectivity index (χ3n) is 12.9. The molecule has 3 bridgehead atoms. The van der Waals surface area contributed by atoms with Crippen LogP contribution in [0.5, 0.6) is 0 Å². The van der Waals surface area contributed by atoms with Gasteiger partial charge in [-0.2, -0.15) is 0 Å². The van der Waals surface area contributed by atoms with Crippen LogP contribution >= 0.6 is 0 Å². The molecule has 0 aromatic carbocycles. The second kappa shape index (κ2) is 14.4. The molecule has 5 aliphatic heterocycles. The molecule has 5 saturated heterocycles. The molecule has 13 heteroatoms. The van der Waals surface area contributed by atoms with Crippen molar-refractivity contribution in [2.75, 3.05) is 21.2 Å². The molecule has 0 aliphatic carbocycles. The summed E-state index contributed by atoms with van der Waals surface area (Å²) in [4.78, 5) is 16.2. The number of cyclic esters (lactones) is 1. The zero-order valence-corrected chi connectivity index (χ0v) is 32.5. The lowest BCUT2D eigenvalue weighted by Gasteiger charge is -2.49. The van der Waals surface area contributed by atoms with Gasteiger partial charge in [0, 0.05) is 37.3 Å². The molecular formula is C37H65NO12. The zero-order chi connectivity index (χ0) is 37.3. The quantitative estimate of drug-likeness (QED) is 0.331. The predicted molar refractivity (Wildman–Crippen MR) is 182 cm³/mol. The number of aliphatic hydroxyl groups is 3. The van der Waals surface area contributed by atoms with Crippen molar-refractivity contribution in [1.82, 2.24) is 4.90 Å². The third-order valence-corrected chi connectivity index (χ3v) is 12.9. The average molecular weight is 716 g/mol. The molecule has 290 valence electrons. The summed E-state index contributed by atoms with van der Waals surface area (Å²) in [5.74, 6) is -3.80. The van der Waals surface area contributed by atoms with Gasteiger partial charge in [-0.25, -0.2) is 0 Å². The number of esters is 1. The van der Waals surface area contributed by atoms with Crippen LogP contribution in [0.1, 0.15) is 94.9 Å². The SMILES string of the molecule is CC[C@H]1OC(=O)[C@H](C)[C@@H](O[C@H]2C[C@@](C)(OC)[C@@H](O)[C@H](C)O2)[C@H](C)[C@@H](O[C@@H]2O[C@H](C)C[C@H](N(C)C)[C@H]2O)[C@]2(C)C[C@@H](C)[C@]3(O[C@@]1(C)[C@H](O)[C@H]3C)O2. The molecule has 5 aliphatic rings. The van der Waals surface area contributed by atoms with Gasteiger partial charge in [-0.1, -0.05) is 27.7 Å². The fourth-order valence-corrected chi connectivity index (χ4v) is 9.81. The Morgan fingerprint density at radius 3 is 2.18 bits per heavy atom. The van der Waals surface area contributed by atoms with Crippen LogP contribution in [0.2, 0.25) is 0 Å². The maximum absolute atomic E-state index is 14.2. The molecule has 5 fully saturated rings. The van der Waals surface area contributed by atoms with Gasteiger partial charge in [0.2, 0.25) is 0 Å². The van der Waals surface area contributed by atoms with Gasteiger partial charge in [0.1, 0.15) is 23.9 Å². The third kappa shape index (κ3) is 6.69. The Balaban J connectivity index is 1.62. The van der Waals surface area contributed by atoms with E-state index in [1.807, 2.05) is 60.5 Å². The topological polar surface area (TPSA) is 155 Å². The molecule has 5 heterocycles. The summed E-state index contributed by atoms with van der Waals surface area (Å²) in [7, 11) is 5.39. The normalized spacial score (nSPS) is 54.7. The predicted octanol–water partition coefficient (Wildman–Crippen LogP) is 2.99. The van der Waals surface area contributed by atoms with Crippen molar-refractivity contribution in [3.63, 3.8) is 0 Å². The maximum Gasteiger partial charge on any atom is 0.311 e. The van der Waals surface area contributed by atoms with Gasteiger partial charge in [0.15, 0.2) is 18.4 Å². The van der Waals surface area contributed by atoms with Crippen molar-refractivity contribution >= 4 is 5.97 Å². The molecule has 50 heavy (non-hydrogen) atoms. The molecule has 0 amide bonds. The Morgan fingerprint density at radius 1 is 0.920 bits per heavy atom. The first kappa shape index (κ1) is 40.2. The highest BCUT2D eigenvalue weighted by Gasteiger charge is 2.71. The van der Waals surface area contributed by atoms with E-state index in [2.05, 4.69) is 6.92 Å². The van der Waals surface area contributed by atoms with Gasteiger partial charge in [-0.15, -0.1) is 0 Å². The largest absolute Gasteiger partial charge is 0.459 e. The van der Waals surface area contributed by atoms with Crippen LogP contribution in [-0.4, -0.2) is 137 Å². The van der Waals surface area contributed by atoms with Gasteiger partial charge < -0.3 is 58.1 Å². The van der Waals surface area contributed by atoms with Crippen LogP contribution in [-0.2, 0) is 42.7 Å². The van der Waals surface area contributed by atoms with Crippen molar-refractivity contribution in [2.45, 2.75) is 185 Å². The number of carbonyl (C=O) groups excluding carboxylic acids is 1. The molecule has 13 nitrogen and oxygen atoms in total. The summed E-state index contributed by atoms with van der Waals surface area (Å²) in [6.07, 6.45) is -6.22. The molecule has 1 spiro atoms. The van der Waals surface area contributed by atoms with E-state index in [1.54, 1.807) is 27.9 Å². The van der Waals surface area contributed by atoms with Crippen LogP contribution in [0.4, 0.5) is 0 Å². The number of hydrogen-bond donors (Lipinski definition) is 3. The van der Waals surface area contributed by atoms with Crippen molar-refractivity contribution in [3.8, 4) is 0 Å². The number of likely N-dealkylation sites (N-methyl/N-ethyl adjacent to an activating group) is 1. The maximum atomic E-state index is 14.2. The van der Waals surface area contributed by atoms with Gasteiger partial charge in [0.05, 0.1) is 47.6 Å². The van der Waals surface area contributed by atoms with Gasteiger partial charge in [-0.3, -0.25) is 4.79 Å². The van der Waals surface area contributed by atoms with E-state index in [9.17, 15) is 20.1 Å². The highest BCUT2D eigenvalue weighted by atomic mass is 16.8. The first-order chi connectivity index (χ1) is 23.2. The number of hydrogen-bond acceptors (Lipinski definition) is 13. The Kier molecular flexibility index (Phi) is 11.5. The van der Waals surface area contributed by atoms with Crippen molar-refractivity contribution in [2.24, 2.45) is 23.7 Å². The molecule has 0 saturated carbocycles. The number of carbonyl (C=O) groups is 1. The molecule has 0 unspecified atom stereocenters. The molecule has 0 aromatic rings. The number of ether oxygens (including phenoxy) is 8. The molecule has 0 aromatic heterocycles. The first-order valence-corrected chi connectivity index (χ1v) is 18.7. The van der Waals surface area contributed by atoms with Crippen molar-refractivity contribution in [1.29, 1.82) is 0 Å². The first-order valence-electron chi connectivity index (χ1n) is 18.7. The van der Waals surface area contributed by atoms with Gasteiger partial charge in [0.25, 0.3) is 0 Å². The summed E-state index contributed by atoms with van der Waals surface area (Å²) in [6.45, 7) is 18.9. The zero-order valence-electron chi connectivity index (χ0n) is 32.5. The number of methoxy groups -OCH3 is 1. The summed E-state index contributed by atoms with van der Waals surface area (Å²) in [6, 6.07) is -0.218. The molecule has 3 N–H and O–H groups in total. The van der Waals surface area contributed by atoms with Crippen LogP contribution in [0, 0.1) is 23.7 Å². The summed E-state index contributed by atoms with van der Waals surface area (Å²) in [5.41, 5.74) is -3.25. The fraction of sp³-hybridized carbons (Fsp3) is 0.973. The molecule has 19 atom stereocenters. The minimum Gasteiger partial charge on any atom is -0.459 e. The number of fused-ring (bicyclic) bond motifs is 2. The molecule has 5 rings (SSSR count). The minimum atomic E-state index is -1.25. The van der Waals surface area contributed by atoms with E-state index in [1.165, 1.54) is 0 Å². The average Bonchev–Trinajstić information content (AvgIpc) is 3.42. The lowest BCUT2D eigenvalue weighted by atomic mass is 9.77. The highest BCUT2D eigenvalue weighted by molar-refractivity contribution is 5.73.